The molecule has 0 aliphatic carbocycles. The van der Waals surface area contributed by atoms with E-state index in [0.717, 1.165) is 44.5 Å². The zero-order chi connectivity index (χ0) is 11.4. The van der Waals surface area contributed by atoms with Crippen molar-refractivity contribution in [1.82, 2.24) is 4.90 Å². The predicted octanol–water partition coefficient (Wildman–Crippen LogP) is 1.70. The number of piperidine rings is 1. The molecule has 88 valence electrons. The molecule has 1 aromatic heterocycles. The van der Waals surface area contributed by atoms with Gasteiger partial charge in [0.1, 0.15) is 5.76 Å². The van der Waals surface area contributed by atoms with Crippen molar-refractivity contribution < 1.29 is 13.9 Å². The third kappa shape index (κ3) is 2.71. The van der Waals surface area contributed by atoms with E-state index in [4.69, 9.17) is 9.15 Å². The van der Waals surface area contributed by atoms with Gasteiger partial charge in [-0.25, -0.2) is 0 Å². The van der Waals surface area contributed by atoms with Crippen molar-refractivity contribution >= 4 is 6.29 Å². The predicted molar refractivity (Wildman–Crippen MR) is 59.4 cm³/mol. The highest BCUT2D eigenvalue weighted by molar-refractivity contribution is 5.70. The van der Waals surface area contributed by atoms with Crippen molar-refractivity contribution in [2.24, 2.45) is 0 Å². The maximum absolute atomic E-state index is 10.5. The Morgan fingerprint density at radius 1 is 1.50 bits per heavy atom. The molecule has 1 aliphatic heterocycles. The van der Waals surface area contributed by atoms with Gasteiger partial charge in [0.25, 0.3) is 0 Å². The van der Waals surface area contributed by atoms with Gasteiger partial charge in [-0.3, -0.25) is 9.69 Å². The van der Waals surface area contributed by atoms with Gasteiger partial charge in [-0.15, -0.1) is 0 Å². The van der Waals surface area contributed by atoms with Crippen LogP contribution in [0.4, 0.5) is 0 Å². The lowest BCUT2D eigenvalue weighted by molar-refractivity contribution is 0.0369. The summed E-state index contributed by atoms with van der Waals surface area (Å²) in [5.74, 6) is 1.26. The molecule has 0 bridgehead atoms. The summed E-state index contributed by atoms with van der Waals surface area (Å²) in [7, 11) is 1.77. The van der Waals surface area contributed by atoms with Gasteiger partial charge in [-0.05, 0) is 25.0 Å². The van der Waals surface area contributed by atoms with Crippen molar-refractivity contribution in [2.45, 2.75) is 25.5 Å². The molecular formula is C12H17NO3. The van der Waals surface area contributed by atoms with Gasteiger partial charge in [0.2, 0.25) is 0 Å². The third-order valence-corrected chi connectivity index (χ3v) is 3.05. The number of rotatable bonds is 4. The second-order valence-corrected chi connectivity index (χ2v) is 4.13. The van der Waals surface area contributed by atoms with Crippen molar-refractivity contribution in [3.05, 3.63) is 23.7 Å². The van der Waals surface area contributed by atoms with Crippen molar-refractivity contribution in [1.29, 1.82) is 0 Å². The summed E-state index contributed by atoms with van der Waals surface area (Å²) in [5, 5.41) is 0. The van der Waals surface area contributed by atoms with Gasteiger partial charge in [0, 0.05) is 20.2 Å². The van der Waals surface area contributed by atoms with E-state index in [1.54, 1.807) is 13.2 Å². The van der Waals surface area contributed by atoms with Crippen molar-refractivity contribution in [3.8, 4) is 0 Å². The fourth-order valence-corrected chi connectivity index (χ4v) is 2.07. The first-order chi connectivity index (χ1) is 7.81. The molecule has 0 amide bonds. The molecule has 1 aromatic rings. The Bertz CT molecular complexity index is 340. The fourth-order valence-electron chi connectivity index (χ4n) is 2.07. The fraction of sp³-hybridized carbons (Fsp3) is 0.583. The number of hydrogen-bond acceptors (Lipinski definition) is 4. The summed E-state index contributed by atoms with van der Waals surface area (Å²) in [6.07, 6.45) is 3.27. The van der Waals surface area contributed by atoms with Crippen LogP contribution < -0.4 is 0 Å². The van der Waals surface area contributed by atoms with Crippen LogP contribution in [0.3, 0.4) is 0 Å². The van der Waals surface area contributed by atoms with Gasteiger partial charge in [0.05, 0.1) is 12.6 Å². The molecule has 16 heavy (non-hydrogen) atoms. The zero-order valence-corrected chi connectivity index (χ0v) is 9.52. The summed E-state index contributed by atoms with van der Waals surface area (Å²) in [4.78, 5) is 12.8. The molecule has 4 heteroatoms. The Hall–Kier alpha value is -1.13. The first kappa shape index (κ1) is 11.4. The molecule has 0 atom stereocenters. The molecular weight excluding hydrogens is 206 g/mol. The zero-order valence-electron chi connectivity index (χ0n) is 9.52. The van der Waals surface area contributed by atoms with E-state index in [0.29, 0.717) is 11.9 Å². The standard InChI is InChI=1S/C12H17NO3/c1-15-10-4-6-13(7-5-10)8-11-2-3-12(9-14)16-11/h2-3,9-10H,4-8H2,1H3. The van der Waals surface area contributed by atoms with E-state index in [9.17, 15) is 4.79 Å². The molecule has 0 radical (unpaired) electrons. The molecule has 0 N–H and O–H groups in total. The Morgan fingerprint density at radius 3 is 2.81 bits per heavy atom. The highest BCUT2D eigenvalue weighted by Gasteiger charge is 2.19. The van der Waals surface area contributed by atoms with Gasteiger partial charge < -0.3 is 9.15 Å². The van der Waals surface area contributed by atoms with E-state index in [1.807, 2.05) is 6.07 Å². The number of methoxy groups -OCH3 is 1. The van der Waals surface area contributed by atoms with E-state index < -0.39 is 0 Å². The summed E-state index contributed by atoms with van der Waals surface area (Å²) < 4.78 is 10.7. The van der Waals surface area contributed by atoms with Gasteiger partial charge in [-0.2, -0.15) is 0 Å². The maximum Gasteiger partial charge on any atom is 0.185 e. The average molecular weight is 223 g/mol. The first-order valence-electron chi connectivity index (χ1n) is 5.61. The first-order valence-corrected chi connectivity index (χ1v) is 5.61. The minimum atomic E-state index is 0.401. The molecule has 0 unspecified atom stereocenters. The van der Waals surface area contributed by atoms with Gasteiger partial charge in [0.15, 0.2) is 12.0 Å². The van der Waals surface area contributed by atoms with Crippen molar-refractivity contribution in [2.75, 3.05) is 20.2 Å². The number of furan rings is 1. The van der Waals surface area contributed by atoms with E-state index in [2.05, 4.69) is 4.90 Å². The summed E-state index contributed by atoms with van der Waals surface area (Å²) in [6.45, 7) is 2.83. The number of hydrogen-bond donors (Lipinski definition) is 0. The van der Waals surface area contributed by atoms with Crippen molar-refractivity contribution in [3.63, 3.8) is 0 Å². The summed E-state index contributed by atoms with van der Waals surface area (Å²) in [6, 6.07) is 3.58. The lowest BCUT2D eigenvalue weighted by Crippen LogP contribution is -2.36. The smallest absolute Gasteiger partial charge is 0.185 e. The van der Waals surface area contributed by atoms with E-state index in [-0.39, 0.29) is 0 Å². The SMILES string of the molecule is COC1CCN(Cc2ccc(C=O)o2)CC1. The Kier molecular flexibility index (Phi) is 3.74. The highest BCUT2D eigenvalue weighted by Crippen LogP contribution is 2.16. The topological polar surface area (TPSA) is 42.7 Å². The van der Waals surface area contributed by atoms with Crippen LogP contribution in [0.1, 0.15) is 29.2 Å². The molecule has 2 heterocycles. The van der Waals surface area contributed by atoms with E-state index >= 15 is 0 Å². The minimum absolute atomic E-state index is 0.401. The van der Waals surface area contributed by atoms with Crippen LogP contribution in [0.5, 0.6) is 0 Å². The molecule has 1 fully saturated rings. The van der Waals surface area contributed by atoms with Crippen LogP contribution in [-0.2, 0) is 11.3 Å². The Labute approximate surface area is 95.2 Å². The van der Waals surface area contributed by atoms with Gasteiger partial charge >= 0.3 is 0 Å². The van der Waals surface area contributed by atoms with Crippen LogP contribution in [0, 0.1) is 0 Å². The van der Waals surface area contributed by atoms with Crippen LogP contribution in [0.15, 0.2) is 16.5 Å². The Balaban J connectivity index is 1.84. The van der Waals surface area contributed by atoms with E-state index in [1.165, 1.54) is 0 Å². The molecule has 4 nitrogen and oxygen atoms in total. The number of carbonyl (C=O) groups excluding carboxylic acids is 1. The second kappa shape index (κ2) is 5.27. The van der Waals surface area contributed by atoms with Crippen LogP contribution in [-0.4, -0.2) is 37.5 Å². The maximum atomic E-state index is 10.5. The monoisotopic (exact) mass is 223 g/mol. The molecule has 1 saturated heterocycles. The second-order valence-electron chi connectivity index (χ2n) is 4.13. The molecule has 0 saturated carbocycles. The average Bonchev–Trinajstić information content (AvgIpc) is 2.78. The normalized spacial score (nSPS) is 18.8. The number of carbonyl (C=O) groups is 1. The lowest BCUT2D eigenvalue weighted by atomic mass is 10.1. The molecule has 0 spiro atoms. The van der Waals surface area contributed by atoms with Crippen LogP contribution in [0.25, 0.3) is 0 Å². The number of likely N-dealkylation sites (tertiary alicyclic amines) is 1. The number of nitrogens with zero attached hydrogens (tertiary/aromatic N) is 1. The number of ether oxygens (including phenoxy) is 1. The largest absolute Gasteiger partial charge is 0.457 e. The molecule has 0 aromatic carbocycles. The quantitative estimate of drug-likeness (QED) is 0.729. The van der Waals surface area contributed by atoms with Gasteiger partial charge in [-0.1, -0.05) is 0 Å². The number of aldehydes is 1. The Morgan fingerprint density at radius 2 is 2.25 bits per heavy atom. The van der Waals surface area contributed by atoms with Crippen LogP contribution >= 0.6 is 0 Å². The molecule has 1 aliphatic rings. The highest BCUT2D eigenvalue weighted by atomic mass is 16.5. The minimum Gasteiger partial charge on any atom is -0.457 e. The lowest BCUT2D eigenvalue weighted by Gasteiger charge is -2.30. The summed E-state index contributed by atoms with van der Waals surface area (Å²) >= 11 is 0. The summed E-state index contributed by atoms with van der Waals surface area (Å²) in [5.41, 5.74) is 0. The van der Waals surface area contributed by atoms with Crippen LogP contribution in [0.2, 0.25) is 0 Å². The molecule has 2 rings (SSSR count). The third-order valence-electron chi connectivity index (χ3n) is 3.05.